The fraction of sp³-hybridized carbons (Fsp3) is 0.357. The Kier molecular flexibility index (Phi) is 5.21. The normalized spacial score (nSPS) is 10.6. The number of thioether (sulfide) groups is 1. The lowest BCUT2D eigenvalue weighted by Gasteiger charge is -2.11. The van der Waals surface area contributed by atoms with Gasteiger partial charge in [0, 0.05) is 36.5 Å². The number of nitro groups is 1. The molecule has 0 unspecified atom stereocenters. The van der Waals surface area contributed by atoms with Crippen molar-refractivity contribution in [2.45, 2.75) is 24.0 Å². The summed E-state index contributed by atoms with van der Waals surface area (Å²) in [6.07, 6.45) is 4.64. The quantitative estimate of drug-likeness (QED) is 0.482. The average molecular weight is 306 g/mol. The van der Waals surface area contributed by atoms with Gasteiger partial charge in [-0.3, -0.25) is 14.8 Å². The molecule has 0 aliphatic heterocycles. The Balaban J connectivity index is 2.20. The Morgan fingerprint density at radius 2 is 2.29 bits per heavy atom. The SMILES string of the molecule is CCCNc1c(CSc2cnn(C)c2)cccc1[N+](=O)[O-]. The lowest BCUT2D eigenvalue weighted by Crippen LogP contribution is -2.06. The lowest BCUT2D eigenvalue weighted by atomic mass is 10.1. The average Bonchev–Trinajstić information content (AvgIpc) is 2.88. The highest BCUT2D eigenvalue weighted by Gasteiger charge is 2.17. The van der Waals surface area contributed by atoms with Crippen LogP contribution in [0.15, 0.2) is 35.5 Å². The highest BCUT2D eigenvalue weighted by Crippen LogP contribution is 2.32. The van der Waals surface area contributed by atoms with E-state index in [9.17, 15) is 10.1 Å². The van der Waals surface area contributed by atoms with Gasteiger partial charge in [-0.05, 0) is 12.0 Å². The molecule has 0 saturated heterocycles. The zero-order valence-electron chi connectivity index (χ0n) is 12.1. The summed E-state index contributed by atoms with van der Waals surface area (Å²) < 4.78 is 1.74. The first-order valence-corrected chi connectivity index (χ1v) is 7.72. The number of nitrogens with one attached hydrogen (secondary N) is 1. The van der Waals surface area contributed by atoms with Crippen LogP contribution in [0.1, 0.15) is 18.9 Å². The third-order valence-corrected chi connectivity index (χ3v) is 3.95. The molecule has 1 aromatic heterocycles. The Hall–Kier alpha value is -2.02. The van der Waals surface area contributed by atoms with E-state index in [2.05, 4.69) is 10.4 Å². The molecule has 0 radical (unpaired) electrons. The van der Waals surface area contributed by atoms with Crippen molar-refractivity contribution in [2.75, 3.05) is 11.9 Å². The first-order chi connectivity index (χ1) is 10.1. The summed E-state index contributed by atoms with van der Waals surface area (Å²) in [6.45, 7) is 2.75. The predicted octanol–water partition coefficient (Wildman–Crippen LogP) is 3.44. The molecular formula is C14H18N4O2S. The van der Waals surface area contributed by atoms with Crippen LogP contribution in [0.5, 0.6) is 0 Å². The van der Waals surface area contributed by atoms with E-state index in [1.165, 1.54) is 6.07 Å². The van der Waals surface area contributed by atoms with E-state index in [4.69, 9.17) is 0 Å². The number of aryl methyl sites for hydroxylation is 1. The van der Waals surface area contributed by atoms with E-state index in [-0.39, 0.29) is 10.6 Å². The third-order valence-electron chi connectivity index (χ3n) is 2.95. The maximum absolute atomic E-state index is 11.2. The summed E-state index contributed by atoms with van der Waals surface area (Å²) in [4.78, 5) is 11.9. The van der Waals surface area contributed by atoms with Crippen molar-refractivity contribution in [3.63, 3.8) is 0 Å². The summed E-state index contributed by atoms with van der Waals surface area (Å²) in [5.41, 5.74) is 1.69. The molecule has 0 fully saturated rings. The van der Waals surface area contributed by atoms with Crippen LogP contribution >= 0.6 is 11.8 Å². The molecule has 1 aromatic carbocycles. The Morgan fingerprint density at radius 3 is 2.90 bits per heavy atom. The summed E-state index contributed by atoms with van der Waals surface area (Å²) in [5, 5.41) is 18.5. The van der Waals surface area contributed by atoms with Gasteiger partial charge in [-0.15, -0.1) is 11.8 Å². The van der Waals surface area contributed by atoms with Gasteiger partial charge in [-0.1, -0.05) is 19.1 Å². The first-order valence-electron chi connectivity index (χ1n) is 6.73. The van der Waals surface area contributed by atoms with Crippen LogP contribution in [0, 0.1) is 10.1 Å². The number of rotatable bonds is 7. The van der Waals surface area contributed by atoms with Gasteiger partial charge < -0.3 is 5.32 Å². The highest BCUT2D eigenvalue weighted by atomic mass is 32.2. The zero-order valence-corrected chi connectivity index (χ0v) is 12.9. The van der Waals surface area contributed by atoms with Crippen molar-refractivity contribution >= 4 is 23.1 Å². The first kappa shape index (κ1) is 15.4. The number of anilines is 1. The molecule has 1 heterocycles. The van der Waals surface area contributed by atoms with Gasteiger partial charge in [0.1, 0.15) is 5.69 Å². The van der Waals surface area contributed by atoms with Crippen molar-refractivity contribution in [1.29, 1.82) is 0 Å². The molecule has 21 heavy (non-hydrogen) atoms. The van der Waals surface area contributed by atoms with E-state index < -0.39 is 0 Å². The minimum absolute atomic E-state index is 0.132. The molecule has 6 nitrogen and oxygen atoms in total. The zero-order chi connectivity index (χ0) is 15.2. The van der Waals surface area contributed by atoms with Crippen molar-refractivity contribution in [1.82, 2.24) is 9.78 Å². The summed E-state index contributed by atoms with van der Waals surface area (Å²) in [5.74, 6) is 0.666. The van der Waals surface area contributed by atoms with E-state index in [1.54, 1.807) is 28.7 Å². The molecule has 1 N–H and O–H groups in total. The van der Waals surface area contributed by atoms with E-state index >= 15 is 0 Å². The van der Waals surface area contributed by atoms with Crippen LogP contribution in [0.25, 0.3) is 0 Å². The molecule has 2 rings (SSSR count). The summed E-state index contributed by atoms with van der Waals surface area (Å²) in [6, 6.07) is 5.19. The van der Waals surface area contributed by atoms with Gasteiger partial charge in [-0.25, -0.2) is 0 Å². The lowest BCUT2D eigenvalue weighted by molar-refractivity contribution is -0.384. The van der Waals surface area contributed by atoms with E-state index in [0.717, 1.165) is 23.4 Å². The fourth-order valence-corrected chi connectivity index (χ4v) is 2.86. The van der Waals surface area contributed by atoms with Crippen LogP contribution in [-0.2, 0) is 12.8 Å². The number of aromatic nitrogens is 2. The van der Waals surface area contributed by atoms with Gasteiger partial charge in [0.15, 0.2) is 0 Å². The van der Waals surface area contributed by atoms with Crippen LogP contribution in [0.2, 0.25) is 0 Å². The minimum atomic E-state index is -0.337. The van der Waals surface area contributed by atoms with Gasteiger partial charge in [-0.2, -0.15) is 5.10 Å². The summed E-state index contributed by atoms with van der Waals surface area (Å²) >= 11 is 1.62. The third kappa shape index (κ3) is 3.98. The van der Waals surface area contributed by atoms with Crippen LogP contribution < -0.4 is 5.32 Å². The number of hydrogen-bond acceptors (Lipinski definition) is 5. The monoisotopic (exact) mass is 306 g/mol. The van der Waals surface area contributed by atoms with Crippen LogP contribution in [0.3, 0.4) is 0 Å². The van der Waals surface area contributed by atoms with E-state index in [0.29, 0.717) is 11.4 Å². The highest BCUT2D eigenvalue weighted by molar-refractivity contribution is 7.98. The molecular weight excluding hydrogens is 288 g/mol. The number of benzene rings is 1. The standard InChI is InChI=1S/C14H18N4O2S/c1-3-7-15-14-11(5-4-6-13(14)18(19)20)10-21-12-8-16-17(2)9-12/h4-6,8-9,15H,3,7,10H2,1-2H3. The second kappa shape index (κ2) is 7.12. The van der Waals surface area contributed by atoms with Crippen molar-refractivity contribution in [3.05, 3.63) is 46.3 Å². The van der Waals surface area contributed by atoms with Crippen molar-refractivity contribution in [2.24, 2.45) is 7.05 Å². The van der Waals surface area contributed by atoms with Gasteiger partial charge in [0.05, 0.1) is 11.1 Å². The molecule has 0 saturated carbocycles. The summed E-state index contributed by atoms with van der Waals surface area (Å²) in [7, 11) is 1.87. The van der Waals surface area contributed by atoms with Crippen molar-refractivity contribution in [3.8, 4) is 0 Å². The largest absolute Gasteiger partial charge is 0.379 e. The van der Waals surface area contributed by atoms with Gasteiger partial charge in [0.25, 0.3) is 5.69 Å². The molecule has 0 amide bonds. The second-order valence-electron chi connectivity index (χ2n) is 4.63. The molecule has 2 aromatic rings. The smallest absolute Gasteiger partial charge is 0.292 e. The number of nitrogens with zero attached hydrogens (tertiary/aromatic N) is 3. The Morgan fingerprint density at radius 1 is 1.48 bits per heavy atom. The molecule has 0 aliphatic carbocycles. The number of nitro benzene ring substituents is 1. The van der Waals surface area contributed by atoms with E-state index in [1.807, 2.05) is 26.2 Å². The molecule has 0 spiro atoms. The van der Waals surface area contributed by atoms with Gasteiger partial charge >= 0.3 is 0 Å². The Bertz CT molecular complexity index is 627. The van der Waals surface area contributed by atoms with Crippen LogP contribution in [-0.4, -0.2) is 21.2 Å². The molecule has 7 heteroatoms. The molecule has 0 aliphatic rings. The Labute approximate surface area is 127 Å². The topological polar surface area (TPSA) is 73.0 Å². The molecule has 112 valence electrons. The van der Waals surface area contributed by atoms with Crippen molar-refractivity contribution < 1.29 is 4.92 Å². The number of hydrogen-bond donors (Lipinski definition) is 1. The number of para-hydroxylation sites is 1. The second-order valence-corrected chi connectivity index (χ2v) is 5.68. The maximum Gasteiger partial charge on any atom is 0.292 e. The minimum Gasteiger partial charge on any atom is -0.379 e. The fourth-order valence-electron chi connectivity index (χ4n) is 1.95. The predicted molar refractivity (Wildman–Crippen MR) is 84.6 cm³/mol. The molecule has 0 atom stereocenters. The molecule has 0 bridgehead atoms. The van der Waals surface area contributed by atoms with Gasteiger partial charge in [0.2, 0.25) is 0 Å². The van der Waals surface area contributed by atoms with Crippen LogP contribution in [0.4, 0.5) is 11.4 Å². The maximum atomic E-state index is 11.2.